The van der Waals surface area contributed by atoms with Crippen molar-refractivity contribution in [1.29, 1.82) is 0 Å². The monoisotopic (exact) mass is 587 g/mol. The first-order chi connectivity index (χ1) is 20.1. The fraction of sp³-hybridized carbons (Fsp3) is 0.467. The van der Waals surface area contributed by atoms with Crippen molar-refractivity contribution in [2.75, 3.05) is 31.1 Å². The van der Waals surface area contributed by atoms with E-state index in [1.807, 2.05) is 0 Å². The summed E-state index contributed by atoms with van der Waals surface area (Å²) in [7, 11) is 0. The summed E-state index contributed by atoms with van der Waals surface area (Å²) in [6.45, 7) is 2.46. The fourth-order valence-corrected chi connectivity index (χ4v) is 5.50. The van der Waals surface area contributed by atoms with E-state index in [0.29, 0.717) is 44.0 Å². The number of carbonyl (C=O) groups excluding carboxylic acids is 2. The summed E-state index contributed by atoms with van der Waals surface area (Å²) in [5.74, 6) is -2.99. The molecule has 2 aliphatic heterocycles. The molecule has 2 amide bonds. The summed E-state index contributed by atoms with van der Waals surface area (Å²) in [5.41, 5.74) is 1.61. The van der Waals surface area contributed by atoms with Crippen molar-refractivity contribution in [1.82, 2.24) is 15.5 Å². The van der Waals surface area contributed by atoms with Crippen LogP contribution in [0.2, 0.25) is 0 Å². The highest BCUT2D eigenvalue weighted by molar-refractivity contribution is 5.99. The number of rotatable bonds is 9. The van der Waals surface area contributed by atoms with E-state index in [0.717, 1.165) is 30.8 Å². The Morgan fingerprint density at radius 3 is 2.43 bits per heavy atom. The van der Waals surface area contributed by atoms with Gasteiger partial charge in [0.2, 0.25) is 5.91 Å². The largest absolute Gasteiger partial charge is 0.480 e. The van der Waals surface area contributed by atoms with Gasteiger partial charge < -0.3 is 15.3 Å². The van der Waals surface area contributed by atoms with Crippen LogP contribution in [0.25, 0.3) is 0 Å². The van der Waals surface area contributed by atoms with Crippen molar-refractivity contribution >= 4 is 29.4 Å². The SMILES string of the molecule is CCc1cc(F)cc(C)c1C(=O)N(C(F)F)C(Cc1ccc(N2CCC(C(=O)NC3=NCCCN3)CC2)cc1)C(=O)O. The van der Waals surface area contributed by atoms with E-state index in [2.05, 4.69) is 20.5 Å². The average Bonchev–Trinajstić information content (AvgIpc) is 2.97. The van der Waals surface area contributed by atoms with Crippen LogP contribution in [0.3, 0.4) is 0 Å². The Morgan fingerprint density at radius 1 is 1.17 bits per heavy atom. The van der Waals surface area contributed by atoms with Crippen LogP contribution in [0.4, 0.5) is 18.9 Å². The standard InChI is InChI=1S/C30H36F3N5O4/c1-3-20-17-22(31)15-18(2)25(20)27(40)38(29(32)33)24(28(41)42)16-19-5-7-23(8-6-19)37-13-9-21(10-14-37)26(39)36-30-34-11-4-12-35-30/h5-8,15,17,21,24,29H,3-4,9-14,16H2,1-2H3,(H,41,42)(H2,34,35,36,39). The van der Waals surface area contributed by atoms with Gasteiger partial charge in [-0.1, -0.05) is 19.1 Å². The summed E-state index contributed by atoms with van der Waals surface area (Å²) in [4.78, 5) is 44.5. The molecule has 226 valence electrons. The molecular formula is C30H36F3N5O4. The van der Waals surface area contributed by atoms with Crippen LogP contribution in [0, 0.1) is 18.7 Å². The Bertz CT molecular complexity index is 1330. The van der Waals surface area contributed by atoms with Gasteiger partial charge in [0, 0.05) is 49.8 Å². The molecule has 0 radical (unpaired) electrons. The van der Waals surface area contributed by atoms with Crippen molar-refractivity contribution in [2.45, 2.75) is 58.5 Å². The molecule has 0 bridgehead atoms. The number of benzene rings is 2. The number of carboxylic acid groups (broad SMARTS) is 1. The Kier molecular flexibility index (Phi) is 10.1. The maximum Gasteiger partial charge on any atom is 0.326 e. The van der Waals surface area contributed by atoms with Crippen LogP contribution in [0.15, 0.2) is 41.4 Å². The summed E-state index contributed by atoms with van der Waals surface area (Å²) < 4.78 is 42.4. The minimum atomic E-state index is -3.38. The van der Waals surface area contributed by atoms with Gasteiger partial charge in [0.05, 0.1) is 0 Å². The van der Waals surface area contributed by atoms with Crippen molar-refractivity contribution in [3.8, 4) is 0 Å². The normalized spacial score (nSPS) is 16.4. The van der Waals surface area contributed by atoms with Crippen LogP contribution in [-0.4, -0.2) is 72.5 Å². The molecule has 0 saturated carbocycles. The number of amides is 2. The second-order valence-electron chi connectivity index (χ2n) is 10.6. The highest BCUT2D eigenvalue weighted by Gasteiger charge is 2.38. The van der Waals surface area contributed by atoms with E-state index in [1.165, 1.54) is 6.92 Å². The highest BCUT2D eigenvalue weighted by Crippen LogP contribution is 2.27. The lowest BCUT2D eigenvalue weighted by Gasteiger charge is -2.33. The number of aliphatic carboxylic acids is 1. The average molecular weight is 588 g/mol. The van der Waals surface area contributed by atoms with E-state index in [1.54, 1.807) is 31.2 Å². The molecule has 42 heavy (non-hydrogen) atoms. The number of nitrogens with one attached hydrogen (secondary N) is 2. The number of hydrogen-bond acceptors (Lipinski definition) is 6. The van der Waals surface area contributed by atoms with Crippen LogP contribution < -0.4 is 15.5 Å². The molecule has 1 fully saturated rings. The van der Waals surface area contributed by atoms with Gasteiger partial charge in [-0.25, -0.2) is 9.18 Å². The number of carboxylic acids is 1. The quantitative estimate of drug-likeness (QED) is 0.386. The predicted molar refractivity (Wildman–Crippen MR) is 152 cm³/mol. The number of nitrogens with zero attached hydrogens (tertiary/aromatic N) is 3. The number of anilines is 1. The maximum absolute atomic E-state index is 14.2. The zero-order valence-corrected chi connectivity index (χ0v) is 23.7. The van der Waals surface area contributed by atoms with E-state index in [9.17, 15) is 32.7 Å². The summed E-state index contributed by atoms with van der Waals surface area (Å²) in [5, 5.41) is 15.8. The topological polar surface area (TPSA) is 114 Å². The smallest absolute Gasteiger partial charge is 0.326 e. The van der Waals surface area contributed by atoms with Gasteiger partial charge in [0.1, 0.15) is 11.9 Å². The first-order valence-electron chi connectivity index (χ1n) is 14.1. The molecule has 1 atom stereocenters. The molecule has 0 aliphatic carbocycles. The zero-order chi connectivity index (χ0) is 30.4. The molecule has 9 nitrogen and oxygen atoms in total. The fourth-order valence-electron chi connectivity index (χ4n) is 5.50. The van der Waals surface area contributed by atoms with Gasteiger partial charge in [-0.3, -0.25) is 24.8 Å². The van der Waals surface area contributed by atoms with Gasteiger partial charge in [-0.15, -0.1) is 0 Å². The van der Waals surface area contributed by atoms with Crippen molar-refractivity contribution in [3.05, 3.63) is 64.5 Å². The van der Waals surface area contributed by atoms with Crippen LogP contribution in [-0.2, 0) is 22.4 Å². The summed E-state index contributed by atoms with van der Waals surface area (Å²) in [6, 6.07) is 7.22. The Labute approximate surface area is 242 Å². The highest BCUT2D eigenvalue weighted by atomic mass is 19.3. The Hall–Kier alpha value is -4.09. The Morgan fingerprint density at radius 2 is 1.86 bits per heavy atom. The van der Waals surface area contributed by atoms with E-state index in [-0.39, 0.29) is 46.3 Å². The number of carbonyl (C=O) groups is 3. The molecule has 1 unspecified atom stereocenters. The third-order valence-electron chi connectivity index (χ3n) is 7.78. The van der Waals surface area contributed by atoms with Gasteiger partial charge >= 0.3 is 12.5 Å². The van der Waals surface area contributed by atoms with Crippen LogP contribution >= 0.6 is 0 Å². The summed E-state index contributed by atoms with van der Waals surface area (Å²) in [6.07, 6.45) is 2.11. The number of aryl methyl sites for hydroxylation is 2. The molecule has 4 rings (SSSR count). The van der Waals surface area contributed by atoms with Crippen molar-refractivity contribution in [2.24, 2.45) is 10.9 Å². The van der Waals surface area contributed by atoms with Gasteiger partial charge in [0.25, 0.3) is 5.91 Å². The van der Waals surface area contributed by atoms with Gasteiger partial charge in [0.15, 0.2) is 5.96 Å². The third-order valence-corrected chi connectivity index (χ3v) is 7.78. The van der Waals surface area contributed by atoms with Crippen molar-refractivity contribution < 1.29 is 32.7 Å². The van der Waals surface area contributed by atoms with E-state index in [4.69, 9.17) is 0 Å². The predicted octanol–water partition coefficient (Wildman–Crippen LogP) is 3.74. The number of halogens is 3. The Balaban J connectivity index is 1.42. The molecule has 2 aromatic carbocycles. The first-order valence-corrected chi connectivity index (χ1v) is 14.1. The maximum atomic E-state index is 14.2. The summed E-state index contributed by atoms with van der Waals surface area (Å²) >= 11 is 0. The second-order valence-corrected chi connectivity index (χ2v) is 10.6. The third kappa shape index (κ3) is 7.21. The minimum absolute atomic E-state index is 0.0575. The number of guanidine groups is 1. The molecule has 0 aromatic heterocycles. The molecule has 2 heterocycles. The molecule has 0 spiro atoms. The van der Waals surface area contributed by atoms with E-state index < -0.39 is 30.3 Å². The lowest BCUT2D eigenvalue weighted by molar-refractivity contribution is -0.147. The molecule has 1 saturated heterocycles. The lowest BCUT2D eigenvalue weighted by Crippen LogP contribution is -2.49. The second kappa shape index (κ2) is 13.7. The number of alkyl halides is 2. The molecule has 3 N–H and O–H groups in total. The molecule has 2 aromatic rings. The molecular weight excluding hydrogens is 551 g/mol. The van der Waals surface area contributed by atoms with Crippen molar-refractivity contribution in [3.63, 3.8) is 0 Å². The number of aliphatic imine (C=N–C) groups is 1. The minimum Gasteiger partial charge on any atom is -0.480 e. The number of piperidine rings is 1. The zero-order valence-electron chi connectivity index (χ0n) is 23.7. The molecule has 12 heteroatoms. The first kappa shape index (κ1) is 30.9. The van der Waals surface area contributed by atoms with E-state index >= 15 is 0 Å². The van der Waals surface area contributed by atoms with Crippen LogP contribution in [0.1, 0.15) is 53.2 Å². The lowest BCUT2D eigenvalue weighted by atomic mass is 9.95. The van der Waals surface area contributed by atoms with Crippen LogP contribution in [0.5, 0.6) is 0 Å². The van der Waals surface area contributed by atoms with Gasteiger partial charge in [-0.2, -0.15) is 8.78 Å². The molecule has 2 aliphatic rings. The van der Waals surface area contributed by atoms with Gasteiger partial charge in [-0.05, 0) is 73.6 Å². The number of hydrogen-bond donors (Lipinski definition) is 3.